The quantitative estimate of drug-likeness (QED) is 0.463. The van der Waals surface area contributed by atoms with Gasteiger partial charge < -0.3 is 24.8 Å². The van der Waals surface area contributed by atoms with E-state index in [0.29, 0.717) is 0 Å². The summed E-state index contributed by atoms with van der Waals surface area (Å²) < 4.78 is 0. The minimum atomic E-state index is 0. The Morgan fingerprint density at radius 3 is 2.17 bits per heavy atom. The Labute approximate surface area is 169 Å². The zero-order chi connectivity index (χ0) is 13.6. The van der Waals surface area contributed by atoms with Crippen LogP contribution in [0.15, 0.2) is 84.9 Å². The first-order chi connectivity index (χ1) is 9.93. The van der Waals surface area contributed by atoms with Crippen LogP contribution in [0.2, 0.25) is 0 Å². The van der Waals surface area contributed by atoms with Gasteiger partial charge in [-0.05, 0) is 0 Å². The number of halogens is 2. The molecule has 1 aliphatic rings. The first-order valence-electron chi connectivity index (χ1n) is 6.86. The zero-order valence-corrected chi connectivity index (χ0v) is 16.5. The van der Waals surface area contributed by atoms with Gasteiger partial charge in [0.2, 0.25) is 0 Å². The number of hydrogen-bond acceptors (Lipinski definition) is 0. The third-order valence-electron chi connectivity index (χ3n) is 3.35. The smallest absolute Gasteiger partial charge is 1.00 e. The zero-order valence-electron chi connectivity index (χ0n) is 12.5. The summed E-state index contributed by atoms with van der Waals surface area (Å²) in [6.07, 6.45) is 8.36. The van der Waals surface area contributed by atoms with Gasteiger partial charge in [-0.25, -0.2) is 6.08 Å². The molecule has 0 bridgehead atoms. The molecule has 4 rings (SSSR count). The topological polar surface area (TPSA) is 0 Å². The molecule has 3 heteroatoms. The molecule has 3 aromatic rings. The van der Waals surface area contributed by atoms with Gasteiger partial charge in [0.1, 0.15) is 0 Å². The molecule has 0 N–H and O–H groups in total. The van der Waals surface area contributed by atoms with Crippen LogP contribution in [0.4, 0.5) is 0 Å². The Bertz CT molecular complexity index is 712. The van der Waals surface area contributed by atoms with Crippen molar-refractivity contribution >= 4 is 16.3 Å². The standard InChI is InChI=1S/C11H9.C9H7.2ClH.Zr/c1-2-6-10(7-3-1)11-8-4-5-9-11;1-2-5-9-7-3-6-8(9)4-1;;;/h1-3,6-9H,4H2;1-7H;2*1H;/q2*-1;;;+4/p-2. The molecule has 0 atom stereocenters. The van der Waals surface area contributed by atoms with E-state index in [1.807, 2.05) is 6.07 Å². The second-order valence-corrected chi connectivity index (χ2v) is 4.73. The van der Waals surface area contributed by atoms with Gasteiger partial charge in [-0.1, -0.05) is 36.4 Å². The molecule has 23 heavy (non-hydrogen) atoms. The summed E-state index contributed by atoms with van der Waals surface area (Å²) in [6, 6.07) is 25.1. The summed E-state index contributed by atoms with van der Waals surface area (Å²) in [5.74, 6) is 0. The Morgan fingerprint density at radius 2 is 1.52 bits per heavy atom. The third-order valence-corrected chi connectivity index (χ3v) is 3.35. The van der Waals surface area contributed by atoms with Crippen LogP contribution in [-0.2, 0) is 26.2 Å². The average Bonchev–Trinajstić information content (AvgIpc) is 3.20. The van der Waals surface area contributed by atoms with E-state index < -0.39 is 0 Å². The van der Waals surface area contributed by atoms with E-state index in [4.69, 9.17) is 0 Å². The summed E-state index contributed by atoms with van der Waals surface area (Å²) in [5, 5.41) is 2.66. The molecule has 0 saturated heterocycles. The minimum Gasteiger partial charge on any atom is -1.00 e. The molecule has 1 aliphatic carbocycles. The third kappa shape index (κ3) is 6.18. The first kappa shape index (κ1) is 22.0. The second kappa shape index (κ2) is 11.5. The normalized spacial score (nSPS) is 11.2. The van der Waals surface area contributed by atoms with E-state index in [0.717, 1.165) is 6.42 Å². The van der Waals surface area contributed by atoms with Crippen molar-refractivity contribution in [1.82, 2.24) is 0 Å². The molecule has 3 aromatic carbocycles. The summed E-state index contributed by atoms with van der Waals surface area (Å²) in [5.41, 5.74) is 2.59. The molecule has 0 heterocycles. The molecule has 114 valence electrons. The van der Waals surface area contributed by atoms with E-state index in [1.54, 1.807) is 0 Å². The van der Waals surface area contributed by atoms with Crippen molar-refractivity contribution in [3.63, 3.8) is 0 Å². The predicted octanol–water partition coefficient (Wildman–Crippen LogP) is -0.603. The van der Waals surface area contributed by atoms with Crippen molar-refractivity contribution in [2.45, 2.75) is 6.42 Å². The Kier molecular flexibility index (Phi) is 11.0. The summed E-state index contributed by atoms with van der Waals surface area (Å²) in [7, 11) is 0. The number of hydrogen-bond donors (Lipinski definition) is 0. The first-order valence-corrected chi connectivity index (χ1v) is 6.86. The largest absolute Gasteiger partial charge is 4.00 e. The molecule has 0 fully saturated rings. The van der Waals surface area contributed by atoms with Gasteiger partial charge in [0, 0.05) is 0 Å². The fraction of sp³-hybridized carbons (Fsp3) is 0.0500. The SMILES string of the molecule is [C-]1=CC(c2ccccc2)=CC1.[Cl-].[Cl-].[Zr+4].c1ccc2[cH-]ccc2c1. The fourth-order valence-electron chi connectivity index (χ4n) is 2.30. The molecule has 0 unspecified atom stereocenters. The van der Waals surface area contributed by atoms with Crippen LogP contribution in [0.3, 0.4) is 0 Å². The number of rotatable bonds is 1. The monoisotopic (exact) mass is 416 g/mol. The van der Waals surface area contributed by atoms with Crippen molar-refractivity contribution in [2.75, 3.05) is 0 Å². The van der Waals surface area contributed by atoms with Crippen molar-refractivity contribution in [3.05, 3.63) is 96.6 Å². The molecule has 0 amide bonds. The van der Waals surface area contributed by atoms with Crippen LogP contribution >= 0.6 is 0 Å². The van der Waals surface area contributed by atoms with Crippen molar-refractivity contribution < 1.29 is 51.0 Å². The van der Waals surface area contributed by atoms with Crippen LogP contribution < -0.4 is 24.8 Å². The number of benzene rings is 2. The number of allylic oxidation sites excluding steroid dienone is 4. The molecule has 0 saturated carbocycles. The van der Waals surface area contributed by atoms with Crippen LogP contribution in [0.25, 0.3) is 16.3 Å². The second-order valence-electron chi connectivity index (χ2n) is 4.73. The maximum Gasteiger partial charge on any atom is 4.00 e. The van der Waals surface area contributed by atoms with E-state index in [1.165, 1.54) is 21.9 Å². The number of fused-ring (bicyclic) bond motifs is 1. The van der Waals surface area contributed by atoms with Gasteiger partial charge in [0.15, 0.2) is 0 Å². The maximum absolute atomic E-state index is 3.15. The van der Waals surface area contributed by atoms with E-state index in [2.05, 4.69) is 85.0 Å². The van der Waals surface area contributed by atoms with E-state index in [9.17, 15) is 0 Å². The summed E-state index contributed by atoms with van der Waals surface area (Å²) >= 11 is 0. The van der Waals surface area contributed by atoms with Crippen LogP contribution in [0, 0.1) is 6.08 Å². The minimum absolute atomic E-state index is 0. The molecule has 0 aliphatic heterocycles. The van der Waals surface area contributed by atoms with Crippen LogP contribution in [-0.4, -0.2) is 0 Å². The summed E-state index contributed by atoms with van der Waals surface area (Å²) in [6.45, 7) is 0. The fourth-order valence-corrected chi connectivity index (χ4v) is 2.30. The van der Waals surface area contributed by atoms with Gasteiger partial charge in [0.25, 0.3) is 0 Å². The van der Waals surface area contributed by atoms with Gasteiger partial charge in [0.05, 0.1) is 0 Å². The molecular weight excluding hydrogens is 402 g/mol. The summed E-state index contributed by atoms with van der Waals surface area (Å²) in [4.78, 5) is 0. The van der Waals surface area contributed by atoms with Crippen LogP contribution in [0.1, 0.15) is 12.0 Å². The maximum atomic E-state index is 3.15. The van der Waals surface area contributed by atoms with E-state index in [-0.39, 0.29) is 51.0 Å². The van der Waals surface area contributed by atoms with Crippen molar-refractivity contribution in [2.24, 2.45) is 0 Å². The molecule has 0 spiro atoms. The Balaban J connectivity index is 0.000000377. The van der Waals surface area contributed by atoms with Crippen LogP contribution in [0.5, 0.6) is 0 Å². The predicted molar refractivity (Wildman–Crippen MR) is 86.4 cm³/mol. The average molecular weight is 418 g/mol. The van der Waals surface area contributed by atoms with Crippen molar-refractivity contribution in [3.8, 4) is 0 Å². The Morgan fingerprint density at radius 1 is 0.826 bits per heavy atom. The van der Waals surface area contributed by atoms with Gasteiger partial charge >= 0.3 is 26.2 Å². The molecule has 0 aromatic heterocycles. The molecular formula is C20H16Cl2Zr. The van der Waals surface area contributed by atoms with Gasteiger partial charge in [-0.3, -0.25) is 6.08 Å². The molecule has 0 radical (unpaired) electrons. The van der Waals surface area contributed by atoms with Gasteiger partial charge in [-0.15, -0.1) is 41.6 Å². The Hall–Kier alpha value is -1.01. The van der Waals surface area contributed by atoms with E-state index >= 15 is 0 Å². The van der Waals surface area contributed by atoms with Crippen molar-refractivity contribution in [1.29, 1.82) is 0 Å². The molecule has 0 nitrogen and oxygen atoms in total. The van der Waals surface area contributed by atoms with Gasteiger partial charge in [-0.2, -0.15) is 29.2 Å².